The van der Waals surface area contributed by atoms with Crippen LogP contribution in [0.1, 0.15) is 5.56 Å². The van der Waals surface area contributed by atoms with E-state index >= 15 is 0 Å². The predicted molar refractivity (Wildman–Crippen MR) is 100 cm³/mol. The molecule has 1 aliphatic heterocycles. The molecule has 7 nitrogen and oxygen atoms in total. The Bertz CT molecular complexity index is 773. The number of methoxy groups -OCH3 is 2. The fourth-order valence-corrected chi connectivity index (χ4v) is 3.21. The highest BCUT2D eigenvalue weighted by molar-refractivity contribution is 5.51. The molecule has 0 amide bonds. The Hall–Kier alpha value is -2.80. The normalized spacial score (nSPS) is 14.9. The lowest BCUT2D eigenvalue weighted by Gasteiger charge is -2.36. The van der Waals surface area contributed by atoms with E-state index < -0.39 is 0 Å². The van der Waals surface area contributed by atoms with Crippen LogP contribution in [0, 0.1) is 10.1 Å². The standard InChI is InChI=1S/C19H23N3O4/c1-25-18-5-3-4-16(13-18)21-10-8-20(9-11-21)14-15-12-17(22(23)24)6-7-19(15)26-2/h3-7,12-13H,8-11,14H2,1-2H3. The number of nitro benzene ring substituents is 1. The zero-order valence-corrected chi connectivity index (χ0v) is 15.1. The third-order valence-electron chi connectivity index (χ3n) is 4.66. The first-order valence-electron chi connectivity index (χ1n) is 8.53. The van der Waals surface area contributed by atoms with E-state index in [0.717, 1.165) is 43.2 Å². The summed E-state index contributed by atoms with van der Waals surface area (Å²) in [4.78, 5) is 15.3. The summed E-state index contributed by atoms with van der Waals surface area (Å²) in [6.45, 7) is 4.18. The van der Waals surface area contributed by atoms with Crippen molar-refractivity contribution in [2.75, 3.05) is 45.3 Å². The number of ether oxygens (including phenoxy) is 2. The number of hydrogen-bond donors (Lipinski definition) is 0. The summed E-state index contributed by atoms with van der Waals surface area (Å²) in [7, 11) is 3.26. The average molecular weight is 357 g/mol. The van der Waals surface area contributed by atoms with Crippen LogP contribution in [0.2, 0.25) is 0 Å². The van der Waals surface area contributed by atoms with Crippen molar-refractivity contribution in [2.24, 2.45) is 0 Å². The van der Waals surface area contributed by atoms with Gasteiger partial charge in [0.25, 0.3) is 5.69 Å². The fourth-order valence-electron chi connectivity index (χ4n) is 3.21. The SMILES string of the molecule is COc1cccc(N2CCN(Cc3cc([N+](=O)[O-])ccc3OC)CC2)c1. The van der Waals surface area contributed by atoms with Crippen molar-refractivity contribution < 1.29 is 14.4 Å². The summed E-state index contributed by atoms with van der Waals surface area (Å²) >= 11 is 0. The van der Waals surface area contributed by atoms with E-state index in [1.54, 1.807) is 26.4 Å². The highest BCUT2D eigenvalue weighted by Crippen LogP contribution is 2.27. The third-order valence-corrected chi connectivity index (χ3v) is 4.66. The summed E-state index contributed by atoms with van der Waals surface area (Å²) < 4.78 is 10.7. The van der Waals surface area contributed by atoms with E-state index in [-0.39, 0.29) is 10.6 Å². The molecule has 3 rings (SSSR count). The molecule has 2 aromatic carbocycles. The lowest BCUT2D eigenvalue weighted by Crippen LogP contribution is -2.46. The molecule has 1 aliphatic rings. The van der Waals surface area contributed by atoms with Crippen LogP contribution in [0.3, 0.4) is 0 Å². The van der Waals surface area contributed by atoms with E-state index in [0.29, 0.717) is 12.3 Å². The lowest BCUT2D eigenvalue weighted by molar-refractivity contribution is -0.385. The zero-order chi connectivity index (χ0) is 18.5. The van der Waals surface area contributed by atoms with Crippen LogP contribution in [-0.2, 0) is 6.54 Å². The summed E-state index contributed by atoms with van der Waals surface area (Å²) in [6.07, 6.45) is 0. The maximum absolute atomic E-state index is 11.0. The largest absolute Gasteiger partial charge is 0.497 e. The van der Waals surface area contributed by atoms with Crippen molar-refractivity contribution in [3.8, 4) is 11.5 Å². The van der Waals surface area contributed by atoms with E-state index in [9.17, 15) is 10.1 Å². The number of benzene rings is 2. The van der Waals surface area contributed by atoms with E-state index in [4.69, 9.17) is 9.47 Å². The van der Waals surface area contributed by atoms with Gasteiger partial charge in [-0.05, 0) is 18.2 Å². The quantitative estimate of drug-likeness (QED) is 0.585. The van der Waals surface area contributed by atoms with Crippen molar-refractivity contribution in [1.29, 1.82) is 0 Å². The number of hydrogen-bond acceptors (Lipinski definition) is 6. The number of piperazine rings is 1. The van der Waals surface area contributed by atoms with Gasteiger partial charge in [0, 0.05) is 62.2 Å². The zero-order valence-electron chi connectivity index (χ0n) is 15.1. The van der Waals surface area contributed by atoms with Gasteiger partial charge in [-0.2, -0.15) is 0 Å². The first-order valence-corrected chi connectivity index (χ1v) is 8.53. The molecule has 26 heavy (non-hydrogen) atoms. The number of anilines is 1. The molecule has 0 radical (unpaired) electrons. The minimum absolute atomic E-state index is 0.0933. The van der Waals surface area contributed by atoms with Gasteiger partial charge in [-0.3, -0.25) is 15.0 Å². The Morgan fingerprint density at radius 2 is 1.81 bits per heavy atom. The van der Waals surface area contributed by atoms with Gasteiger partial charge < -0.3 is 14.4 Å². The van der Waals surface area contributed by atoms with Crippen molar-refractivity contribution >= 4 is 11.4 Å². The second-order valence-corrected chi connectivity index (χ2v) is 6.22. The first-order chi connectivity index (χ1) is 12.6. The van der Waals surface area contributed by atoms with E-state index in [2.05, 4.69) is 15.9 Å². The second kappa shape index (κ2) is 8.05. The molecular formula is C19H23N3O4. The molecule has 0 saturated carbocycles. The van der Waals surface area contributed by atoms with Gasteiger partial charge in [0.05, 0.1) is 19.1 Å². The van der Waals surface area contributed by atoms with Gasteiger partial charge >= 0.3 is 0 Å². The maximum atomic E-state index is 11.0. The van der Waals surface area contributed by atoms with Crippen molar-refractivity contribution in [1.82, 2.24) is 4.90 Å². The molecule has 7 heteroatoms. The predicted octanol–water partition coefficient (Wildman–Crippen LogP) is 2.93. The number of nitro groups is 1. The minimum Gasteiger partial charge on any atom is -0.497 e. The Morgan fingerprint density at radius 1 is 1.04 bits per heavy atom. The van der Waals surface area contributed by atoms with Crippen LogP contribution in [-0.4, -0.2) is 50.2 Å². The summed E-state index contributed by atoms with van der Waals surface area (Å²) in [5.41, 5.74) is 2.09. The van der Waals surface area contributed by atoms with Crippen LogP contribution in [0.4, 0.5) is 11.4 Å². The van der Waals surface area contributed by atoms with Crippen LogP contribution >= 0.6 is 0 Å². The van der Waals surface area contributed by atoms with Crippen LogP contribution in [0.15, 0.2) is 42.5 Å². The summed E-state index contributed by atoms with van der Waals surface area (Å²) in [5, 5.41) is 11.0. The molecule has 1 fully saturated rings. The third kappa shape index (κ3) is 4.05. The van der Waals surface area contributed by atoms with Crippen molar-refractivity contribution in [2.45, 2.75) is 6.54 Å². The van der Waals surface area contributed by atoms with Crippen LogP contribution in [0.25, 0.3) is 0 Å². The van der Waals surface area contributed by atoms with Gasteiger partial charge in [-0.25, -0.2) is 0 Å². The topological polar surface area (TPSA) is 68.1 Å². The molecule has 0 unspecified atom stereocenters. The smallest absolute Gasteiger partial charge is 0.270 e. The Kier molecular flexibility index (Phi) is 5.58. The van der Waals surface area contributed by atoms with Gasteiger partial charge in [-0.15, -0.1) is 0 Å². The van der Waals surface area contributed by atoms with Gasteiger partial charge in [-0.1, -0.05) is 6.07 Å². The number of non-ortho nitro benzene ring substituents is 1. The average Bonchev–Trinajstić information content (AvgIpc) is 2.68. The monoisotopic (exact) mass is 357 g/mol. The number of nitrogens with zero attached hydrogens (tertiary/aromatic N) is 3. The van der Waals surface area contributed by atoms with Crippen molar-refractivity contribution in [3.05, 3.63) is 58.1 Å². The van der Waals surface area contributed by atoms with Gasteiger partial charge in [0.1, 0.15) is 11.5 Å². The lowest BCUT2D eigenvalue weighted by atomic mass is 10.1. The second-order valence-electron chi connectivity index (χ2n) is 6.22. The Labute approximate surface area is 152 Å². The van der Waals surface area contributed by atoms with Crippen LogP contribution in [0.5, 0.6) is 11.5 Å². The number of rotatable bonds is 6. The summed E-state index contributed by atoms with van der Waals surface area (Å²) in [6, 6.07) is 12.8. The van der Waals surface area contributed by atoms with Gasteiger partial charge in [0.15, 0.2) is 0 Å². The minimum atomic E-state index is -0.371. The highest BCUT2D eigenvalue weighted by Gasteiger charge is 2.20. The molecule has 1 saturated heterocycles. The van der Waals surface area contributed by atoms with E-state index in [1.807, 2.05) is 18.2 Å². The maximum Gasteiger partial charge on any atom is 0.270 e. The molecule has 0 aromatic heterocycles. The molecule has 0 bridgehead atoms. The summed E-state index contributed by atoms with van der Waals surface area (Å²) in [5.74, 6) is 1.54. The molecule has 2 aromatic rings. The Balaban J connectivity index is 1.65. The molecule has 0 aliphatic carbocycles. The van der Waals surface area contributed by atoms with E-state index in [1.165, 1.54) is 6.07 Å². The Morgan fingerprint density at radius 3 is 2.46 bits per heavy atom. The molecule has 1 heterocycles. The van der Waals surface area contributed by atoms with Gasteiger partial charge in [0.2, 0.25) is 0 Å². The molecule has 138 valence electrons. The molecular weight excluding hydrogens is 334 g/mol. The highest BCUT2D eigenvalue weighted by atomic mass is 16.6. The molecule has 0 atom stereocenters. The fraction of sp³-hybridized carbons (Fsp3) is 0.368. The molecule has 0 N–H and O–H groups in total. The van der Waals surface area contributed by atoms with Crippen molar-refractivity contribution in [3.63, 3.8) is 0 Å². The first kappa shape index (κ1) is 18.0. The molecule has 0 spiro atoms. The van der Waals surface area contributed by atoms with Crippen LogP contribution < -0.4 is 14.4 Å².